The second-order valence-corrected chi connectivity index (χ2v) is 5.27. The van der Waals surface area contributed by atoms with Gasteiger partial charge in [0.05, 0.1) is 17.4 Å². The largest absolute Gasteiger partial charge is 0.397 e. The van der Waals surface area contributed by atoms with Crippen LogP contribution in [0.5, 0.6) is 0 Å². The summed E-state index contributed by atoms with van der Waals surface area (Å²) >= 11 is 1.69. The number of rotatable bonds is 3. The van der Waals surface area contributed by atoms with Crippen molar-refractivity contribution in [3.05, 3.63) is 47.5 Å². The zero-order valence-corrected chi connectivity index (χ0v) is 11.3. The molecule has 0 aliphatic heterocycles. The molecule has 5 N–H and O–H groups in total. The number of thiophene rings is 1. The molecule has 0 saturated carbocycles. The first-order valence-electron chi connectivity index (χ1n) is 5.93. The lowest BCUT2D eigenvalue weighted by atomic mass is 10.2. The van der Waals surface area contributed by atoms with Gasteiger partial charge in [0.2, 0.25) is 0 Å². The lowest BCUT2D eigenvalue weighted by Gasteiger charge is -2.08. The van der Waals surface area contributed by atoms with Gasteiger partial charge in [0.1, 0.15) is 5.82 Å². The van der Waals surface area contributed by atoms with Gasteiger partial charge in [-0.1, -0.05) is 0 Å². The van der Waals surface area contributed by atoms with Crippen LogP contribution in [0.25, 0.3) is 10.1 Å². The normalized spacial score (nSPS) is 10.6. The Morgan fingerprint density at radius 1 is 1.25 bits per heavy atom. The van der Waals surface area contributed by atoms with E-state index in [0.717, 1.165) is 11.1 Å². The summed E-state index contributed by atoms with van der Waals surface area (Å²) in [5, 5.41) is 6.34. The van der Waals surface area contributed by atoms with Crippen molar-refractivity contribution < 1.29 is 4.79 Å². The zero-order chi connectivity index (χ0) is 14.1. The van der Waals surface area contributed by atoms with Gasteiger partial charge in [-0.15, -0.1) is 11.3 Å². The van der Waals surface area contributed by atoms with E-state index >= 15 is 0 Å². The highest BCUT2D eigenvalue weighted by atomic mass is 32.1. The predicted octanol–water partition coefficient (Wildman–Crippen LogP) is 2.72. The summed E-state index contributed by atoms with van der Waals surface area (Å²) < 4.78 is 1.22. The summed E-state index contributed by atoms with van der Waals surface area (Å²) in [6.07, 6.45) is 1.42. The van der Waals surface area contributed by atoms with Gasteiger partial charge < -0.3 is 16.8 Å². The van der Waals surface area contributed by atoms with Crippen molar-refractivity contribution in [2.45, 2.75) is 0 Å². The Morgan fingerprint density at radius 2 is 2.10 bits per heavy atom. The maximum absolute atomic E-state index is 11.3. The highest BCUT2D eigenvalue weighted by molar-refractivity contribution is 7.17. The Morgan fingerprint density at radius 3 is 2.90 bits per heavy atom. The van der Waals surface area contributed by atoms with Crippen LogP contribution >= 0.6 is 11.3 Å². The number of hydrogen-bond acceptors (Lipinski definition) is 5. The van der Waals surface area contributed by atoms with Crippen molar-refractivity contribution in [2.24, 2.45) is 5.73 Å². The zero-order valence-electron chi connectivity index (χ0n) is 10.5. The molecule has 2 aromatic heterocycles. The minimum atomic E-state index is -0.568. The number of amides is 1. The number of fused-ring (bicyclic) bond motifs is 1. The van der Waals surface area contributed by atoms with Crippen LogP contribution in [0.4, 0.5) is 17.2 Å². The number of nitrogens with one attached hydrogen (secondary N) is 1. The molecule has 3 aromatic rings. The summed E-state index contributed by atoms with van der Waals surface area (Å²) in [4.78, 5) is 15.4. The van der Waals surface area contributed by atoms with Gasteiger partial charge in [-0.2, -0.15) is 0 Å². The molecule has 5 nitrogen and oxygen atoms in total. The van der Waals surface area contributed by atoms with Gasteiger partial charge in [-0.05, 0) is 41.1 Å². The number of hydrogen-bond donors (Lipinski definition) is 3. The lowest BCUT2D eigenvalue weighted by molar-refractivity contribution is 0.100. The molecule has 2 heterocycles. The van der Waals surface area contributed by atoms with Crippen LogP contribution in [-0.2, 0) is 0 Å². The highest BCUT2D eigenvalue weighted by Crippen LogP contribution is 2.26. The van der Waals surface area contributed by atoms with E-state index in [-0.39, 0.29) is 11.3 Å². The van der Waals surface area contributed by atoms with Crippen LogP contribution in [-0.4, -0.2) is 10.9 Å². The van der Waals surface area contributed by atoms with Gasteiger partial charge in [-0.25, -0.2) is 4.98 Å². The molecule has 0 unspecified atom stereocenters. The number of primary amides is 1. The van der Waals surface area contributed by atoms with Crippen molar-refractivity contribution in [3.8, 4) is 0 Å². The fraction of sp³-hybridized carbons (Fsp3) is 0. The van der Waals surface area contributed by atoms with Crippen LogP contribution in [0.15, 0.2) is 41.9 Å². The summed E-state index contributed by atoms with van der Waals surface area (Å²) in [7, 11) is 0. The van der Waals surface area contributed by atoms with Gasteiger partial charge in [0, 0.05) is 10.4 Å². The monoisotopic (exact) mass is 284 g/mol. The van der Waals surface area contributed by atoms with Gasteiger partial charge in [-0.3, -0.25) is 4.79 Å². The molecule has 20 heavy (non-hydrogen) atoms. The molecule has 6 heteroatoms. The van der Waals surface area contributed by atoms with Crippen LogP contribution < -0.4 is 16.8 Å². The quantitative estimate of drug-likeness (QED) is 0.689. The Labute approximate surface area is 119 Å². The van der Waals surface area contributed by atoms with E-state index < -0.39 is 5.91 Å². The molecular weight excluding hydrogens is 272 g/mol. The van der Waals surface area contributed by atoms with Crippen LogP contribution in [0.3, 0.4) is 0 Å². The van der Waals surface area contributed by atoms with Crippen molar-refractivity contribution in [2.75, 3.05) is 11.1 Å². The molecule has 3 rings (SSSR count). The van der Waals surface area contributed by atoms with Crippen molar-refractivity contribution in [1.29, 1.82) is 0 Å². The SMILES string of the molecule is NC(=O)c1cc(Nc2ccc3sccc3c2)ncc1N. The minimum Gasteiger partial charge on any atom is -0.397 e. The molecule has 100 valence electrons. The molecular formula is C14H12N4OS. The third-order valence-corrected chi connectivity index (χ3v) is 3.82. The van der Waals surface area contributed by atoms with E-state index in [1.165, 1.54) is 10.9 Å². The van der Waals surface area contributed by atoms with Gasteiger partial charge in [0.15, 0.2) is 0 Å². The predicted molar refractivity (Wildman–Crippen MR) is 82.3 cm³/mol. The van der Waals surface area contributed by atoms with E-state index in [2.05, 4.69) is 16.4 Å². The van der Waals surface area contributed by atoms with E-state index in [1.54, 1.807) is 17.4 Å². The molecule has 0 atom stereocenters. The maximum atomic E-state index is 11.3. The molecule has 0 fully saturated rings. The number of carbonyl (C=O) groups is 1. The average Bonchev–Trinajstić information content (AvgIpc) is 2.88. The molecule has 1 amide bonds. The molecule has 1 aromatic carbocycles. The first kappa shape index (κ1) is 12.4. The highest BCUT2D eigenvalue weighted by Gasteiger charge is 2.08. The molecule has 0 saturated heterocycles. The Bertz CT molecular complexity index is 797. The number of aromatic nitrogens is 1. The third kappa shape index (κ3) is 2.28. The lowest BCUT2D eigenvalue weighted by Crippen LogP contribution is -2.14. The topological polar surface area (TPSA) is 94.0 Å². The molecule has 0 aliphatic carbocycles. The average molecular weight is 284 g/mol. The number of nitrogens with zero attached hydrogens (tertiary/aromatic N) is 1. The van der Waals surface area contributed by atoms with E-state index in [0.29, 0.717) is 5.82 Å². The van der Waals surface area contributed by atoms with Crippen molar-refractivity contribution in [3.63, 3.8) is 0 Å². The van der Waals surface area contributed by atoms with E-state index in [9.17, 15) is 4.79 Å². The van der Waals surface area contributed by atoms with Crippen LogP contribution in [0.1, 0.15) is 10.4 Å². The summed E-state index contributed by atoms with van der Waals surface area (Å²) in [6.45, 7) is 0. The Hall–Kier alpha value is -2.60. The van der Waals surface area contributed by atoms with Crippen LogP contribution in [0.2, 0.25) is 0 Å². The third-order valence-electron chi connectivity index (χ3n) is 2.93. The number of carbonyl (C=O) groups excluding carboxylic acids is 1. The standard InChI is InChI=1S/C14H12N4OS/c15-11-7-17-13(6-10(11)14(16)19)18-9-1-2-12-8(5-9)3-4-20-12/h1-7H,15H2,(H2,16,19)(H,17,18). The Balaban J connectivity index is 1.94. The Kier molecular flexibility index (Phi) is 3.00. The number of pyridine rings is 1. The van der Waals surface area contributed by atoms with E-state index in [4.69, 9.17) is 11.5 Å². The second kappa shape index (κ2) is 4.82. The number of nitrogens with two attached hydrogens (primary N) is 2. The first-order valence-corrected chi connectivity index (χ1v) is 6.81. The van der Waals surface area contributed by atoms with E-state index in [1.807, 2.05) is 23.6 Å². The molecule has 0 radical (unpaired) electrons. The molecule has 0 bridgehead atoms. The summed E-state index contributed by atoms with van der Waals surface area (Å²) in [5.74, 6) is -0.0381. The van der Waals surface area contributed by atoms with Gasteiger partial charge >= 0.3 is 0 Å². The fourth-order valence-corrected chi connectivity index (χ4v) is 2.71. The fourth-order valence-electron chi connectivity index (χ4n) is 1.94. The van der Waals surface area contributed by atoms with Crippen LogP contribution in [0, 0.1) is 0 Å². The first-order chi connectivity index (χ1) is 9.63. The summed E-state index contributed by atoms with van der Waals surface area (Å²) in [6, 6.07) is 9.62. The second-order valence-electron chi connectivity index (χ2n) is 4.32. The summed E-state index contributed by atoms with van der Waals surface area (Å²) in [5.41, 5.74) is 12.3. The minimum absolute atomic E-state index is 0.263. The van der Waals surface area contributed by atoms with Gasteiger partial charge in [0.25, 0.3) is 5.91 Å². The van der Waals surface area contributed by atoms with Crippen molar-refractivity contribution in [1.82, 2.24) is 4.98 Å². The number of anilines is 3. The maximum Gasteiger partial charge on any atom is 0.250 e. The smallest absolute Gasteiger partial charge is 0.250 e. The number of benzene rings is 1. The molecule has 0 aliphatic rings. The number of nitrogen functional groups attached to an aromatic ring is 1. The van der Waals surface area contributed by atoms with Crippen molar-refractivity contribution >= 4 is 44.5 Å². The molecule has 0 spiro atoms.